The molecule has 8 nitrogen and oxygen atoms in total. The lowest BCUT2D eigenvalue weighted by molar-refractivity contribution is 0.174. The van der Waals surface area contributed by atoms with Crippen molar-refractivity contribution in [1.82, 2.24) is 15.2 Å². The summed E-state index contributed by atoms with van der Waals surface area (Å²) in [6, 6.07) is 5.43. The summed E-state index contributed by atoms with van der Waals surface area (Å²) in [7, 11) is 0. The van der Waals surface area contributed by atoms with E-state index in [1.165, 1.54) is 0 Å². The van der Waals surface area contributed by atoms with Crippen LogP contribution in [-0.2, 0) is 0 Å². The molecule has 0 amide bonds. The Balaban J connectivity index is 1.71. The van der Waals surface area contributed by atoms with Gasteiger partial charge in [-0.15, -0.1) is 10.2 Å². The molecule has 0 spiro atoms. The minimum Gasteiger partial charge on any atom is -0.454 e. The molecule has 1 aliphatic rings. The molecule has 96 valence electrons. The molecule has 0 fully saturated rings. The Labute approximate surface area is 107 Å². The zero-order valence-corrected chi connectivity index (χ0v) is 9.66. The van der Waals surface area contributed by atoms with Crippen molar-refractivity contribution in [1.29, 1.82) is 0 Å². The molecule has 1 aromatic heterocycles. The van der Waals surface area contributed by atoms with Crippen LogP contribution in [0.5, 0.6) is 11.5 Å². The zero-order chi connectivity index (χ0) is 13.1. The summed E-state index contributed by atoms with van der Waals surface area (Å²) in [5, 5.41) is 11.1. The van der Waals surface area contributed by atoms with Crippen LogP contribution in [-0.4, -0.2) is 28.2 Å². The number of hydrogen-bond donors (Lipinski definition) is 2. The number of fused-ring (bicyclic) bond motifs is 1. The van der Waals surface area contributed by atoms with Gasteiger partial charge < -0.3 is 9.47 Å². The van der Waals surface area contributed by atoms with Gasteiger partial charge in [-0.25, -0.2) is 5.43 Å². The van der Waals surface area contributed by atoms with Gasteiger partial charge in [-0.05, 0) is 23.8 Å². The monoisotopic (exact) mass is 259 g/mol. The van der Waals surface area contributed by atoms with E-state index in [-0.39, 0.29) is 18.3 Å². The first-order chi connectivity index (χ1) is 9.31. The Morgan fingerprint density at radius 3 is 3.16 bits per heavy atom. The quantitative estimate of drug-likeness (QED) is 0.608. The van der Waals surface area contributed by atoms with E-state index >= 15 is 0 Å². The van der Waals surface area contributed by atoms with Crippen LogP contribution >= 0.6 is 0 Å². The Hall–Kier alpha value is -2.90. The van der Waals surface area contributed by atoms with Gasteiger partial charge >= 0.3 is 0 Å². The summed E-state index contributed by atoms with van der Waals surface area (Å²) in [5.41, 5.74) is 3.04. The highest BCUT2D eigenvalue weighted by Gasteiger charge is 2.12. The van der Waals surface area contributed by atoms with E-state index < -0.39 is 0 Å². The third kappa shape index (κ3) is 2.51. The van der Waals surface area contributed by atoms with Gasteiger partial charge in [0.1, 0.15) is 6.20 Å². The van der Waals surface area contributed by atoms with Crippen LogP contribution in [0.15, 0.2) is 34.3 Å². The fraction of sp³-hybridized carbons (Fsp3) is 0.0909. The standard InChI is InChI=1S/C11H9N5O3/c17-10-5-13-16-11(14-10)15-12-4-7-1-2-8-9(3-7)19-6-18-8/h1-5H,6H2,(H2,14,15,16,17). The highest BCUT2D eigenvalue weighted by Crippen LogP contribution is 2.31. The molecule has 0 aliphatic carbocycles. The predicted octanol–water partition coefficient (Wildman–Crippen LogP) is 0.340. The van der Waals surface area contributed by atoms with E-state index in [0.29, 0.717) is 11.5 Å². The lowest BCUT2D eigenvalue weighted by atomic mass is 10.2. The molecular formula is C11H9N5O3. The molecule has 0 saturated carbocycles. The smallest absolute Gasteiger partial charge is 0.271 e. The predicted molar refractivity (Wildman–Crippen MR) is 66.4 cm³/mol. The highest BCUT2D eigenvalue weighted by atomic mass is 16.7. The lowest BCUT2D eigenvalue weighted by Crippen LogP contribution is -2.10. The number of benzene rings is 1. The second-order valence-electron chi connectivity index (χ2n) is 3.67. The number of rotatable bonds is 3. The molecule has 0 bridgehead atoms. The molecule has 2 aromatic rings. The third-order valence-corrected chi connectivity index (χ3v) is 2.36. The largest absolute Gasteiger partial charge is 0.454 e. The van der Waals surface area contributed by atoms with E-state index in [1.807, 2.05) is 6.07 Å². The van der Waals surface area contributed by atoms with Gasteiger partial charge in [0.15, 0.2) is 11.5 Å². The normalized spacial score (nSPS) is 12.8. The summed E-state index contributed by atoms with van der Waals surface area (Å²) in [5.74, 6) is 1.56. The van der Waals surface area contributed by atoms with Crippen molar-refractivity contribution >= 4 is 12.2 Å². The minimum atomic E-state index is -0.351. The van der Waals surface area contributed by atoms with Gasteiger partial charge in [0, 0.05) is 0 Å². The maximum absolute atomic E-state index is 11.0. The van der Waals surface area contributed by atoms with E-state index in [2.05, 4.69) is 25.7 Å². The number of ether oxygens (including phenoxy) is 2. The Kier molecular flexibility index (Phi) is 2.81. The molecule has 1 aliphatic heterocycles. The van der Waals surface area contributed by atoms with Crippen molar-refractivity contribution in [2.24, 2.45) is 5.10 Å². The second-order valence-corrected chi connectivity index (χ2v) is 3.67. The lowest BCUT2D eigenvalue weighted by Gasteiger charge is -1.98. The molecule has 1 aromatic carbocycles. The van der Waals surface area contributed by atoms with Gasteiger partial charge in [-0.2, -0.15) is 5.10 Å². The van der Waals surface area contributed by atoms with Gasteiger partial charge in [0.2, 0.25) is 12.7 Å². The van der Waals surface area contributed by atoms with Crippen LogP contribution in [0.2, 0.25) is 0 Å². The van der Waals surface area contributed by atoms with Crippen LogP contribution in [0, 0.1) is 0 Å². The molecular weight excluding hydrogens is 250 g/mol. The van der Waals surface area contributed by atoms with Crippen LogP contribution < -0.4 is 20.5 Å². The average molecular weight is 259 g/mol. The van der Waals surface area contributed by atoms with Crippen LogP contribution in [0.3, 0.4) is 0 Å². The number of aromatic amines is 1. The number of nitrogens with zero attached hydrogens (tertiary/aromatic N) is 3. The van der Waals surface area contributed by atoms with E-state index in [4.69, 9.17) is 9.47 Å². The maximum atomic E-state index is 11.0. The summed E-state index contributed by atoms with van der Waals surface area (Å²) < 4.78 is 10.4. The maximum Gasteiger partial charge on any atom is 0.271 e. The number of hydrogen-bond acceptors (Lipinski definition) is 7. The van der Waals surface area contributed by atoms with Crippen molar-refractivity contribution < 1.29 is 9.47 Å². The summed E-state index contributed by atoms with van der Waals surface area (Å²) in [4.78, 5) is 13.4. The first-order valence-corrected chi connectivity index (χ1v) is 5.42. The topological polar surface area (TPSA) is 101 Å². The van der Waals surface area contributed by atoms with Gasteiger partial charge in [-0.3, -0.25) is 9.78 Å². The fourth-order valence-electron chi connectivity index (χ4n) is 1.52. The molecule has 0 radical (unpaired) electrons. The number of anilines is 1. The van der Waals surface area contributed by atoms with Crippen molar-refractivity contribution in [2.45, 2.75) is 0 Å². The third-order valence-electron chi connectivity index (χ3n) is 2.36. The molecule has 0 saturated heterocycles. The van der Waals surface area contributed by atoms with Gasteiger partial charge in [0.25, 0.3) is 5.56 Å². The van der Waals surface area contributed by atoms with Crippen LogP contribution in [0.25, 0.3) is 0 Å². The Morgan fingerprint density at radius 1 is 1.37 bits per heavy atom. The molecule has 0 unspecified atom stereocenters. The SMILES string of the molecule is O=c1cnnc(NN=Cc2ccc3c(c2)OCO3)[nH]1. The number of nitrogens with one attached hydrogen (secondary N) is 2. The zero-order valence-electron chi connectivity index (χ0n) is 9.66. The van der Waals surface area contributed by atoms with Crippen LogP contribution in [0.1, 0.15) is 5.56 Å². The summed E-state index contributed by atoms with van der Waals surface area (Å²) in [6.45, 7) is 0.231. The first-order valence-electron chi connectivity index (χ1n) is 5.42. The molecule has 2 heterocycles. The molecule has 2 N–H and O–H groups in total. The number of H-pyrrole nitrogens is 1. The van der Waals surface area contributed by atoms with Gasteiger partial charge in [-0.1, -0.05) is 0 Å². The van der Waals surface area contributed by atoms with Crippen molar-refractivity contribution in [3.05, 3.63) is 40.3 Å². The second kappa shape index (κ2) is 4.77. The molecule has 8 heteroatoms. The summed E-state index contributed by atoms with van der Waals surface area (Å²) in [6.07, 6.45) is 2.64. The van der Waals surface area contributed by atoms with Crippen LogP contribution in [0.4, 0.5) is 5.95 Å². The first kappa shape index (κ1) is 11.2. The fourth-order valence-corrected chi connectivity index (χ4v) is 1.52. The Bertz CT molecular complexity index is 682. The van der Waals surface area contributed by atoms with E-state index in [1.54, 1.807) is 18.3 Å². The van der Waals surface area contributed by atoms with E-state index in [9.17, 15) is 4.79 Å². The minimum absolute atomic E-state index is 0.171. The number of aromatic nitrogens is 3. The average Bonchev–Trinajstić information content (AvgIpc) is 2.86. The van der Waals surface area contributed by atoms with Crippen molar-refractivity contribution in [3.8, 4) is 11.5 Å². The highest BCUT2D eigenvalue weighted by molar-refractivity contribution is 5.81. The molecule has 0 atom stereocenters. The van der Waals surface area contributed by atoms with Gasteiger partial charge in [0.05, 0.1) is 6.21 Å². The Morgan fingerprint density at radius 2 is 2.26 bits per heavy atom. The molecule has 3 rings (SSSR count). The molecule has 19 heavy (non-hydrogen) atoms. The van der Waals surface area contributed by atoms with E-state index in [0.717, 1.165) is 11.8 Å². The summed E-state index contributed by atoms with van der Waals surface area (Å²) >= 11 is 0. The van der Waals surface area contributed by atoms with Crippen molar-refractivity contribution in [2.75, 3.05) is 12.2 Å². The van der Waals surface area contributed by atoms with Crippen molar-refractivity contribution in [3.63, 3.8) is 0 Å². The number of hydrazone groups is 1.